The molecule has 0 spiro atoms. The number of hydrogen-bond donors (Lipinski definition) is 2. The minimum atomic E-state index is 0.430. The van der Waals surface area contributed by atoms with Gasteiger partial charge in [-0.15, -0.1) is 0 Å². The highest BCUT2D eigenvalue weighted by Gasteiger charge is 2.11. The van der Waals surface area contributed by atoms with Crippen LogP contribution in [0.25, 0.3) is 33.5 Å². The number of aromatic nitrogens is 5. The molecule has 0 aliphatic heterocycles. The maximum atomic E-state index is 6.02. The van der Waals surface area contributed by atoms with E-state index in [1.165, 1.54) is 6.33 Å². The number of pyridine rings is 1. The van der Waals surface area contributed by atoms with Gasteiger partial charge in [-0.3, -0.25) is 0 Å². The van der Waals surface area contributed by atoms with Crippen molar-refractivity contribution in [2.24, 2.45) is 0 Å². The molecule has 1 aromatic carbocycles. The Bertz CT molecular complexity index is 912. The van der Waals surface area contributed by atoms with E-state index >= 15 is 0 Å². The molecule has 0 aliphatic carbocycles. The summed E-state index contributed by atoms with van der Waals surface area (Å²) in [5.41, 5.74) is 10.4. The van der Waals surface area contributed by atoms with Crippen LogP contribution in [0, 0.1) is 0 Å². The van der Waals surface area contributed by atoms with Gasteiger partial charge in [-0.2, -0.15) is 0 Å². The van der Waals surface area contributed by atoms with Crippen LogP contribution in [-0.2, 0) is 0 Å². The number of benzene rings is 1. The number of H-pyrrole nitrogens is 1. The lowest BCUT2D eigenvalue weighted by Crippen LogP contribution is -1.96. The number of nitrogens with one attached hydrogen (secondary N) is 1. The first kappa shape index (κ1) is 12.5. The van der Waals surface area contributed by atoms with Crippen LogP contribution in [0.1, 0.15) is 0 Å². The summed E-state index contributed by atoms with van der Waals surface area (Å²) >= 11 is 0. The first-order chi connectivity index (χ1) is 10.8. The average Bonchev–Trinajstić information content (AvgIpc) is 3.00. The van der Waals surface area contributed by atoms with Crippen LogP contribution in [0.4, 0.5) is 5.82 Å². The Labute approximate surface area is 126 Å². The summed E-state index contributed by atoms with van der Waals surface area (Å²) in [6.45, 7) is 0. The molecule has 22 heavy (non-hydrogen) atoms. The van der Waals surface area contributed by atoms with Crippen molar-refractivity contribution in [2.75, 3.05) is 5.73 Å². The van der Waals surface area contributed by atoms with Crippen molar-refractivity contribution in [1.82, 2.24) is 24.9 Å². The number of nitrogens with two attached hydrogens (primary N) is 1. The second-order valence-electron chi connectivity index (χ2n) is 4.89. The summed E-state index contributed by atoms with van der Waals surface area (Å²) in [5.74, 6) is 1.13. The monoisotopic (exact) mass is 288 g/mol. The van der Waals surface area contributed by atoms with Gasteiger partial charge in [0.1, 0.15) is 18.0 Å². The van der Waals surface area contributed by atoms with Crippen molar-refractivity contribution in [2.45, 2.75) is 0 Å². The van der Waals surface area contributed by atoms with Gasteiger partial charge in [-0.1, -0.05) is 12.1 Å². The second-order valence-corrected chi connectivity index (χ2v) is 4.89. The van der Waals surface area contributed by atoms with E-state index in [0.29, 0.717) is 11.6 Å². The molecule has 0 saturated carbocycles. The second kappa shape index (κ2) is 4.92. The van der Waals surface area contributed by atoms with E-state index in [-0.39, 0.29) is 0 Å². The molecule has 0 atom stereocenters. The smallest absolute Gasteiger partial charge is 0.142 e. The maximum Gasteiger partial charge on any atom is 0.142 e. The van der Waals surface area contributed by atoms with E-state index in [2.05, 4.69) is 24.9 Å². The van der Waals surface area contributed by atoms with Crippen molar-refractivity contribution < 1.29 is 0 Å². The Morgan fingerprint density at radius 3 is 2.59 bits per heavy atom. The van der Waals surface area contributed by atoms with Gasteiger partial charge in [0.05, 0.1) is 16.6 Å². The third-order valence-corrected chi connectivity index (χ3v) is 3.46. The number of nitrogen functional groups attached to an aromatic ring is 1. The number of anilines is 1. The van der Waals surface area contributed by atoms with Crippen LogP contribution >= 0.6 is 0 Å². The van der Waals surface area contributed by atoms with E-state index in [0.717, 1.165) is 27.7 Å². The fourth-order valence-corrected chi connectivity index (χ4v) is 2.35. The molecule has 6 heteroatoms. The topological polar surface area (TPSA) is 93.4 Å². The zero-order valence-electron chi connectivity index (χ0n) is 11.6. The Hall–Kier alpha value is -3.28. The molecule has 0 fully saturated rings. The highest BCUT2D eigenvalue weighted by molar-refractivity contribution is 5.83. The number of fused-ring (bicyclic) bond motifs is 1. The summed E-state index contributed by atoms with van der Waals surface area (Å²) in [7, 11) is 0. The number of rotatable bonds is 2. The highest BCUT2D eigenvalue weighted by Crippen LogP contribution is 2.28. The lowest BCUT2D eigenvalue weighted by Gasteiger charge is -2.05. The van der Waals surface area contributed by atoms with E-state index in [9.17, 15) is 0 Å². The zero-order chi connectivity index (χ0) is 14.9. The van der Waals surface area contributed by atoms with Crippen LogP contribution in [0.15, 0.2) is 55.2 Å². The van der Waals surface area contributed by atoms with Crippen molar-refractivity contribution in [3.05, 3.63) is 55.2 Å². The van der Waals surface area contributed by atoms with Gasteiger partial charge in [-0.25, -0.2) is 19.9 Å². The van der Waals surface area contributed by atoms with Crippen LogP contribution < -0.4 is 5.73 Å². The molecular formula is C16H12N6. The third kappa shape index (κ3) is 2.07. The van der Waals surface area contributed by atoms with Gasteiger partial charge in [0.25, 0.3) is 0 Å². The normalized spacial score (nSPS) is 10.9. The molecule has 0 unspecified atom stereocenters. The molecule has 4 rings (SSSR count). The first-order valence-corrected chi connectivity index (χ1v) is 6.77. The van der Waals surface area contributed by atoms with Crippen molar-refractivity contribution in [3.8, 4) is 22.5 Å². The van der Waals surface area contributed by atoms with E-state index in [4.69, 9.17) is 5.73 Å². The van der Waals surface area contributed by atoms with Crippen LogP contribution in [0.3, 0.4) is 0 Å². The average molecular weight is 288 g/mol. The molecule has 3 N–H and O–H groups in total. The number of hydrogen-bond acceptors (Lipinski definition) is 5. The minimum absolute atomic E-state index is 0.430. The maximum absolute atomic E-state index is 6.02. The van der Waals surface area contributed by atoms with Gasteiger partial charge in [0, 0.05) is 29.7 Å². The molecule has 0 saturated heterocycles. The summed E-state index contributed by atoms with van der Waals surface area (Å²) in [6.07, 6.45) is 6.68. The van der Waals surface area contributed by atoms with Gasteiger partial charge in [0.2, 0.25) is 0 Å². The molecule has 0 aliphatic rings. The predicted molar refractivity (Wildman–Crippen MR) is 84.8 cm³/mol. The van der Waals surface area contributed by atoms with E-state index in [1.54, 1.807) is 18.6 Å². The Morgan fingerprint density at radius 2 is 1.77 bits per heavy atom. The fraction of sp³-hybridized carbons (Fsp3) is 0. The lowest BCUT2D eigenvalue weighted by molar-refractivity contribution is 1.17. The van der Waals surface area contributed by atoms with Gasteiger partial charge in [0.15, 0.2) is 0 Å². The SMILES string of the molecule is Nc1ncc(-c2cncnc2)cc1-c1nc2ccccc2[nH]1. The van der Waals surface area contributed by atoms with Crippen molar-refractivity contribution in [1.29, 1.82) is 0 Å². The lowest BCUT2D eigenvalue weighted by atomic mass is 10.1. The molecular weight excluding hydrogens is 276 g/mol. The Kier molecular flexibility index (Phi) is 2.79. The number of imidazole rings is 1. The van der Waals surface area contributed by atoms with Crippen LogP contribution in [0.2, 0.25) is 0 Å². The van der Waals surface area contributed by atoms with Crippen LogP contribution in [0.5, 0.6) is 0 Å². The van der Waals surface area contributed by atoms with E-state index in [1.807, 2.05) is 30.3 Å². The number of nitrogens with zero attached hydrogens (tertiary/aromatic N) is 4. The van der Waals surface area contributed by atoms with Crippen molar-refractivity contribution >= 4 is 16.9 Å². The summed E-state index contributed by atoms with van der Waals surface area (Å²) in [5, 5.41) is 0. The molecule has 3 heterocycles. The molecule has 0 radical (unpaired) electrons. The zero-order valence-corrected chi connectivity index (χ0v) is 11.6. The summed E-state index contributed by atoms with van der Waals surface area (Å²) < 4.78 is 0. The Balaban J connectivity index is 1.87. The molecule has 6 nitrogen and oxygen atoms in total. The van der Waals surface area contributed by atoms with Crippen molar-refractivity contribution in [3.63, 3.8) is 0 Å². The largest absolute Gasteiger partial charge is 0.383 e. The molecule has 3 aromatic heterocycles. The highest BCUT2D eigenvalue weighted by atomic mass is 14.9. The Morgan fingerprint density at radius 1 is 0.955 bits per heavy atom. The predicted octanol–water partition coefficient (Wildman–Crippen LogP) is 2.66. The van der Waals surface area contributed by atoms with E-state index < -0.39 is 0 Å². The molecule has 4 aromatic rings. The van der Waals surface area contributed by atoms with Gasteiger partial charge >= 0.3 is 0 Å². The first-order valence-electron chi connectivity index (χ1n) is 6.77. The fourth-order valence-electron chi connectivity index (χ4n) is 2.35. The van der Waals surface area contributed by atoms with Gasteiger partial charge < -0.3 is 10.7 Å². The molecule has 0 bridgehead atoms. The quantitative estimate of drug-likeness (QED) is 0.591. The van der Waals surface area contributed by atoms with Crippen LogP contribution in [-0.4, -0.2) is 24.9 Å². The molecule has 106 valence electrons. The summed E-state index contributed by atoms with van der Waals surface area (Å²) in [6, 6.07) is 9.78. The summed E-state index contributed by atoms with van der Waals surface area (Å²) in [4.78, 5) is 20.2. The number of aromatic amines is 1. The standard InChI is InChI=1S/C16H12N6/c17-15-12(16-21-13-3-1-2-4-14(13)22-16)5-10(8-20-15)11-6-18-9-19-7-11/h1-9H,(H2,17,20)(H,21,22). The third-order valence-electron chi connectivity index (χ3n) is 3.46. The number of para-hydroxylation sites is 2. The van der Waals surface area contributed by atoms with Gasteiger partial charge in [-0.05, 0) is 18.2 Å². The minimum Gasteiger partial charge on any atom is -0.383 e. The molecule has 0 amide bonds.